The zero-order valence-electron chi connectivity index (χ0n) is 19.3. The smallest absolute Gasteiger partial charge is 0.260 e. The van der Waals surface area contributed by atoms with Crippen molar-refractivity contribution in [1.82, 2.24) is 24.6 Å². The molecule has 11 heteroatoms. The third-order valence-corrected chi connectivity index (χ3v) is 8.25. The van der Waals surface area contributed by atoms with Gasteiger partial charge in [0.1, 0.15) is 5.56 Å². The van der Waals surface area contributed by atoms with Gasteiger partial charge in [-0.15, -0.1) is 0 Å². The third kappa shape index (κ3) is 4.48. The van der Waals surface area contributed by atoms with Crippen molar-refractivity contribution in [3.8, 4) is 22.4 Å². The highest BCUT2D eigenvalue weighted by atomic mass is 35.5. The van der Waals surface area contributed by atoms with Gasteiger partial charge in [0.25, 0.3) is 15.9 Å². The van der Waals surface area contributed by atoms with Crippen LogP contribution in [0.15, 0.2) is 59.8 Å². The van der Waals surface area contributed by atoms with Gasteiger partial charge in [0.05, 0.1) is 5.69 Å². The Kier molecular flexibility index (Phi) is 6.74. The van der Waals surface area contributed by atoms with Gasteiger partial charge >= 0.3 is 0 Å². The molecular weight excluding hydrogens is 521 g/mol. The minimum Gasteiger partial charge on any atom is -0.349 e. The van der Waals surface area contributed by atoms with Crippen molar-refractivity contribution in [2.24, 2.45) is 0 Å². The van der Waals surface area contributed by atoms with Gasteiger partial charge in [0, 0.05) is 39.0 Å². The maximum atomic E-state index is 13.4. The van der Waals surface area contributed by atoms with Crippen molar-refractivity contribution in [3.05, 3.63) is 70.3 Å². The van der Waals surface area contributed by atoms with Crippen LogP contribution in [-0.2, 0) is 10.0 Å². The molecule has 0 saturated heterocycles. The second kappa shape index (κ2) is 9.82. The molecular formula is C25H23Cl2N5O3S. The van der Waals surface area contributed by atoms with Crippen molar-refractivity contribution >= 4 is 44.8 Å². The number of carbonyl (C=O) groups excluding carboxylic acids is 1. The highest BCUT2D eigenvalue weighted by Gasteiger charge is 2.32. The summed E-state index contributed by atoms with van der Waals surface area (Å²) in [4.78, 5) is 18.0. The largest absolute Gasteiger partial charge is 0.349 e. The van der Waals surface area contributed by atoms with Crippen molar-refractivity contribution in [2.45, 2.75) is 36.8 Å². The normalized spacial score (nSPS) is 14.4. The molecule has 1 amide bonds. The molecule has 2 aromatic carbocycles. The number of nitrogens with one attached hydrogen (secondary N) is 2. The van der Waals surface area contributed by atoms with Crippen molar-refractivity contribution in [1.29, 1.82) is 0 Å². The first-order valence-corrected chi connectivity index (χ1v) is 13.7. The summed E-state index contributed by atoms with van der Waals surface area (Å²) in [5.74, 6) is -0.522. The number of fused-ring (bicyclic) bond motifs is 1. The molecule has 2 heterocycles. The Labute approximate surface area is 218 Å². The van der Waals surface area contributed by atoms with Gasteiger partial charge in [-0.1, -0.05) is 66.4 Å². The van der Waals surface area contributed by atoms with E-state index in [4.69, 9.17) is 23.2 Å². The number of amides is 1. The number of sulfonamides is 1. The molecule has 2 aromatic heterocycles. The van der Waals surface area contributed by atoms with E-state index in [2.05, 4.69) is 20.1 Å². The van der Waals surface area contributed by atoms with Gasteiger partial charge < -0.3 is 5.32 Å². The number of carbonyl (C=O) groups is 1. The van der Waals surface area contributed by atoms with Crippen LogP contribution in [0.3, 0.4) is 0 Å². The van der Waals surface area contributed by atoms with E-state index in [1.807, 2.05) is 18.2 Å². The summed E-state index contributed by atoms with van der Waals surface area (Å²) in [7, 11) is -2.81. The Balaban J connectivity index is 1.82. The summed E-state index contributed by atoms with van der Waals surface area (Å²) in [5.41, 5.74) is 2.55. The van der Waals surface area contributed by atoms with Crippen LogP contribution >= 0.6 is 23.2 Å². The standard InChI is InChI=1S/C25H23Cl2N5O3S/c1-28-36(34,35)25-21(24(33)30-17-6-2-3-7-17)23-29-14-19(18-8-4-5-9-20(18)27)22(32(23)31-25)15-10-12-16(26)13-11-15/h4-5,8-14,17,28H,2-3,6-7H2,1H3,(H,30,33). The van der Waals surface area contributed by atoms with E-state index >= 15 is 0 Å². The van der Waals surface area contributed by atoms with Crippen molar-refractivity contribution in [2.75, 3.05) is 7.05 Å². The van der Waals surface area contributed by atoms with Crippen molar-refractivity contribution in [3.63, 3.8) is 0 Å². The summed E-state index contributed by atoms with van der Waals surface area (Å²) in [6, 6.07) is 14.3. The molecule has 0 atom stereocenters. The zero-order chi connectivity index (χ0) is 25.4. The molecule has 2 N–H and O–H groups in total. The Morgan fingerprint density at radius 2 is 1.72 bits per heavy atom. The van der Waals surface area contributed by atoms with Crippen LogP contribution in [0.4, 0.5) is 0 Å². The summed E-state index contributed by atoms with van der Waals surface area (Å²) in [5, 5.41) is 8.04. The van der Waals surface area contributed by atoms with E-state index in [-0.39, 0.29) is 22.3 Å². The van der Waals surface area contributed by atoms with E-state index < -0.39 is 15.9 Å². The van der Waals surface area contributed by atoms with Crippen LogP contribution in [0.25, 0.3) is 28.0 Å². The number of hydrogen-bond acceptors (Lipinski definition) is 5. The molecule has 1 fully saturated rings. The quantitative estimate of drug-likeness (QED) is 0.358. The maximum absolute atomic E-state index is 13.4. The van der Waals surface area contributed by atoms with Gasteiger partial charge in [-0.2, -0.15) is 5.10 Å². The molecule has 0 unspecified atom stereocenters. The van der Waals surface area contributed by atoms with Crippen LogP contribution < -0.4 is 10.0 Å². The van der Waals surface area contributed by atoms with Gasteiger partial charge in [-0.25, -0.2) is 22.6 Å². The van der Waals surface area contributed by atoms with Crippen LogP contribution in [0.5, 0.6) is 0 Å². The lowest BCUT2D eigenvalue weighted by molar-refractivity contribution is 0.0936. The molecule has 0 spiro atoms. The number of halogens is 2. The van der Waals surface area contributed by atoms with E-state index in [9.17, 15) is 13.2 Å². The molecule has 0 radical (unpaired) electrons. The lowest BCUT2D eigenvalue weighted by Gasteiger charge is -2.14. The number of hydrogen-bond donors (Lipinski definition) is 2. The molecule has 0 bridgehead atoms. The van der Waals surface area contributed by atoms with Crippen molar-refractivity contribution < 1.29 is 13.2 Å². The predicted molar refractivity (Wildman–Crippen MR) is 140 cm³/mol. The van der Waals surface area contributed by atoms with Crippen LogP contribution in [0.2, 0.25) is 10.0 Å². The topological polar surface area (TPSA) is 105 Å². The molecule has 8 nitrogen and oxygen atoms in total. The SMILES string of the molecule is CNS(=O)(=O)c1nn2c(-c3ccc(Cl)cc3)c(-c3ccccc3Cl)cnc2c1C(=O)NC1CCCC1. The first-order valence-electron chi connectivity index (χ1n) is 11.5. The number of nitrogens with zero attached hydrogens (tertiary/aromatic N) is 3. The van der Waals surface area contributed by atoms with Gasteiger partial charge in [0.15, 0.2) is 5.65 Å². The fraction of sp³-hybridized carbons (Fsp3) is 0.240. The third-order valence-electron chi connectivity index (χ3n) is 6.33. The van der Waals surface area contributed by atoms with E-state index in [0.29, 0.717) is 32.4 Å². The molecule has 1 aliphatic carbocycles. The average molecular weight is 544 g/mol. The summed E-state index contributed by atoms with van der Waals surface area (Å²) in [6.07, 6.45) is 5.31. The summed E-state index contributed by atoms with van der Waals surface area (Å²) < 4.78 is 29.7. The van der Waals surface area contributed by atoms with Crippen LogP contribution in [0, 0.1) is 0 Å². The highest BCUT2D eigenvalue weighted by molar-refractivity contribution is 7.89. The molecule has 5 rings (SSSR count). The molecule has 36 heavy (non-hydrogen) atoms. The molecule has 1 aliphatic rings. The Bertz CT molecular complexity index is 1560. The summed E-state index contributed by atoms with van der Waals surface area (Å²) >= 11 is 12.7. The minimum absolute atomic E-state index is 0.0178. The lowest BCUT2D eigenvalue weighted by Crippen LogP contribution is -2.34. The first kappa shape index (κ1) is 24.7. The average Bonchev–Trinajstić information content (AvgIpc) is 3.52. The molecule has 186 valence electrons. The fourth-order valence-electron chi connectivity index (χ4n) is 4.54. The maximum Gasteiger partial charge on any atom is 0.260 e. The Morgan fingerprint density at radius 3 is 2.39 bits per heavy atom. The van der Waals surface area contributed by atoms with E-state index in [1.54, 1.807) is 36.5 Å². The van der Waals surface area contributed by atoms with Gasteiger partial charge in [-0.05, 0) is 38.1 Å². The number of benzene rings is 2. The predicted octanol–water partition coefficient (Wildman–Crippen LogP) is 4.95. The highest BCUT2D eigenvalue weighted by Crippen LogP contribution is 2.37. The second-order valence-electron chi connectivity index (χ2n) is 8.59. The van der Waals surface area contributed by atoms with Gasteiger partial charge in [-0.3, -0.25) is 4.79 Å². The fourth-order valence-corrected chi connectivity index (χ4v) is 5.74. The molecule has 4 aromatic rings. The molecule has 0 aliphatic heterocycles. The summed E-state index contributed by atoms with van der Waals surface area (Å²) in [6.45, 7) is 0. The van der Waals surface area contributed by atoms with Crippen LogP contribution in [0.1, 0.15) is 36.0 Å². The number of rotatable bonds is 6. The Morgan fingerprint density at radius 1 is 1.03 bits per heavy atom. The zero-order valence-corrected chi connectivity index (χ0v) is 21.7. The van der Waals surface area contributed by atoms with Crippen LogP contribution in [-0.4, -0.2) is 42.0 Å². The minimum atomic E-state index is -4.09. The monoisotopic (exact) mass is 543 g/mol. The Hall–Kier alpha value is -2.98. The second-order valence-corrected chi connectivity index (χ2v) is 11.2. The van der Waals surface area contributed by atoms with E-state index in [0.717, 1.165) is 25.7 Å². The first-order chi connectivity index (χ1) is 17.3. The van der Waals surface area contributed by atoms with Gasteiger partial charge in [0.2, 0.25) is 5.03 Å². The van der Waals surface area contributed by atoms with E-state index in [1.165, 1.54) is 11.6 Å². The lowest BCUT2D eigenvalue weighted by atomic mass is 10.0. The number of aromatic nitrogens is 3. The molecule has 1 saturated carbocycles.